The van der Waals surface area contributed by atoms with Crippen molar-refractivity contribution < 1.29 is 14.3 Å². The average molecular weight is 317 g/mol. The van der Waals surface area contributed by atoms with Crippen molar-refractivity contribution in [2.75, 3.05) is 32.9 Å². The second kappa shape index (κ2) is 7.19. The molecule has 3 rings (SSSR count). The summed E-state index contributed by atoms with van der Waals surface area (Å²) in [6.07, 6.45) is 7.87. The fourth-order valence-corrected chi connectivity index (χ4v) is 3.62. The molecule has 2 aliphatic heterocycles. The molecule has 124 valence electrons. The molecule has 2 fully saturated rings. The Balaban J connectivity index is 1.75. The third-order valence-corrected chi connectivity index (χ3v) is 4.73. The molecule has 2 atom stereocenters. The van der Waals surface area contributed by atoms with Gasteiger partial charge in [0.2, 0.25) is 0 Å². The van der Waals surface area contributed by atoms with Gasteiger partial charge in [-0.05, 0) is 25.3 Å². The minimum Gasteiger partial charge on any atom is -0.377 e. The largest absolute Gasteiger partial charge is 0.377 e. The van der Waals surface area contributed by atoms with Crippen molar-refractivity contribution in [2.45, 2.75) is 25.4 Å². The molecule has 6 heteroatoms. The molecule has 1 aromatic heterocycles. The molecular weight excluding hydrogens is 294 g/mol. The van der Waals surface area contributed by atoms with Gasteiger partial charge in [0.1, 0.15) is 0 Å². The summed E-state index contributed by atoms with van der Waals surface area (Å²) in [4.78, 5) is 14.6. The number of amides is 1. The zero-order valence-corrected chi connectivity index (χ0v) is 13.3. The summed E-state index contributed by atoms with van der Waals surface area (Å²) in [5.74, 6) is 0.00650. The average Bonchev–Trinajstić information content (AvgIpc) is 2.61. The van der Waals surface area contributed by atoms with E-state index >= 15 is 0 Å². The highest BCUT2D eigenvalue weighted by molar-refractivity contribution is 5.93. The number of rotatable bonds is 5. The Morgan fingerprint density at radius 3 is 3.26 bits per heavy atom. The maximum Gasteiger partial charge on any atom is 0.255 e. The zero-order valence-electron chi connectivity index (χ0n) is 13.3. The van der Waals surface area contributed by atoms with Gasteiger partial charge in [0, 0.05) is 25.1 Å². The van der Waals surface area contributed by atoms with Crippen LogP contribution in [-0.4, -0.2) is 60.0 Å². The van der Waals surface area contributed by atoms with Gasteiger partial charge in [-0.2, -0.15) is 10.2 Å². The van der Waals surface area contributed by atoms with Crippen molar-refractivity contribution in [1.82, 2.24) is 15.1 Å². The molecule has 0 unspecified atom stereocenters. The third kappa shape index (κ3) is 3.43. The number of carbonyl (C=O) groups is 1. The molecular formula is C17H23N3O3. The van der Waals surface area contributed by atoms with Crippen LogP contribution in [0.4, 0.5) is 0 Å². The van der Waals surface area contributed by atoms with Crippen LogP contribution < -0.4 is 0 Å². The van der Waals surface area contributed by atoms with Gasteiger partial charge in [0.15, 0.2) is 0 Å². The quantitative estimate of drug-likeness (QED) is 0.611. The highest BCUT2D eigenvalue weighted by Gasteiger charge is 2.47. The number of fused-ring (bicyclic) bond motifs is 1. The van der Waals surface area contributed by atoms with E-state index < -0.39 is 0 Å². The number of hydrogen-bond acceptors (Lipinski definition) is 5. The molecule has 0 saturated carbocycles. The zero-order chi connectivity index (χ0) is 16.1. The van der Waals surface area contributed by atoms with E-state index in [1.165, 1.54) is 6.20 Å². The highest BCUT2D eigenvalue weighted by Crippen LogP contribution is 2.40. The summed E-state index contributed by atoms with van der Waals surface area (Å²) in [5, 5.41) is 7.53. The fraction of sp³-hybridized carbons (Fsp3) is 0.588. The molecule has 6 nitrogen and oxygen atoms in total. The minimum absolute atomic E-state index is 0.00650. The summed E-state index contributed by atoms with van der Waals surface area (Å²) in [7, 11) is 0. The van der Waals surface area contributed by atoms with Crippen molar-refractivity contribution >= 4 is 5.91 Å². The van der Waals surface area contributed by atoms with Gasteiger partial charge in [0.05, 0.1) is 37.3 Å². The van der Waals surface area contributed by atoms with E-state index in [4.69, 9.17) is 9.47 Å². The minimum atomic E-state index is -0.115. The number of likely N-dealkylation sites (tertiary alicyclic amines) is 1. The predicted octanol–water partition coefficient (Wildman–Crippen LogP) is 1.69. The van der Waals surface area contributed by atoms with E-state index in [9.17, 15) is 4.79 Å². The van der Waals surface area contributed by atoms with Crippen LogP contribution in [0.1, 0.15) is 29.6 Å². The molecule has 1 amide bonds. The molecule has 0 N–H and O–H groups in total. The second-order valence-corrected chi connectivity index (χ2v) is 6.28. The molecule has 0 bridgehead atoms. The second-order valence-electron chi connectivity index (χ2n) is 6.28. The molecule has 1 aromatic rings. The molecule has 0 aromatic carbocycles. The third-order valence-electron chi connectivity index (χ3n) is 4.73. The Morgan fingerprint density at radius 1 is 1.57 bits per heavy atom. The van der Waals surface area contributed by atoms with Gasteiger partial charge in [0.25, 0.3) is 5.91 Å². The van der Waals surface area contributed by atoms with Crippen LogP contribution in [0, 0.1) is 5.41 Å². The summed E-state index contributed by atoms with van der Waals surface area (Å²) in [6, 6.07) is 1.71. The molecule has 0 radical (unpaired) electrons. The Kier molecular flexibility index (Phi) is 5.03. The van der Waals surface area contributed by atoms with Gasteiger partial charge < -0.3 is 14.4 Å². The maximum absolute atomic E-state index is 12.7. The van der Waals surface area contributed by atoms with E-state index in [1.54, 1.807) is 18.3 Å². The van der Waals surface area contributed by atoms with E-state index in [1.807, 2.05) is 4.90 Å². The highest BCUT2D eigenvalue weighted by atomic mass is 16.5. The van der Waals surface area contributed by atoms with E-state index in [0.29, 0.717) is 31.9 Å². The van der Waals surface area contributed by atoms with E-state index in [0.717, 1.165) is 25.9 Å². The van der Waals surface area contributed by atoms with Crippen LogP contribution in [0.5, 0.6) is 0 Å². The van der Waals surface area contributed by atoms with Crippen LogP contribution in [-0.2, 0) is 9.47 Å². The first-order chi connectivity index (χ1) is 11.2. The summed E-state index contributed by atoms with van der Waals surface area (Å²) in [5.41, 5.74) is 0.465. The van der Waals surface area contributed by atoms with Crippen LogP contribution >= 0.6 is 0 Å². The lowest BCUT2D eigenvalue weighted by atomic mass is 9.73. The lowest BCUT2D eigenvalue weighted by Crippen LogP contribution is -2.58. The van der Waals surface area contributed by atoms with Crippen molar-refractivity contribution in [1.29, 1.82) is 0 Å². The monoisotopic (exact) mass is 317 g/mol. The van der Waals surface area contributed by atoms with Gasteiger partial charge in [-0.25, -0.2) is 0 Å². The molecule has 2 aliphatic rings. The lowest BCUT2D eigenvalue weighted by Gasteiger charge is -2.50. The maximum atomic E-state index is 12.7. The van der Waals surface area contributed by atoms with E-state index in [2.05, 4.69) is 16.8 Å². The number of piperidine rings is 1. The van der Waals surface area contributed by atoms with Crippen LogP contribution in [0.25, 0.3) is 0 Å². The van der Waals surface area contributed by atoms with E-state index in [-0.39, 0.29) is 17.4 Å². The van der Waals surface area contributed by atoms with Crippen LogP contribution in [0.3, 0.4) is 0 Å². The van der Waals surface area contributed by atoms with Gasteiger partial charge in [-0.15, -0.1) is 6.58 Å². The Labute approximate surface area is 136 Å². The summed E-state index contributed by atoms with van der Waals surface area (Å²) >= 11 is 0. The number of carbonyl (C=O) groups excluding carboxylic acids is 1. The smallest absolute Gasteiger partial charge is 0.255 e. The van der Waals surface area contributed by atoms with Gasteiger partial charge in [-0.1, -0.05) is 6.08 Å². The van der Waals surface area contributed by atoms with Crippen molar-refractivity contribution in [3.05, 3.63) is 36.7 Å². The van der Waals surface area contributed by atoms with Crippen molar-refractivity contribution in [2.24, 2.45) is 5.41 Å². The molecule has 3 heterocycles. The number of nitrogens with zero attached hydrogens (tertiary/aromatic N) is 3. The predicted molar refractivity (Wildman–Crippen MR) is 85.0 cm³/mol. The summed E-state index contributed by atoms with van der Waals surface area (Å²) < 4.78 is 11.7. The van der Waals surface area contributed by atoms with Crippen molar-refractivity contribution in [3.8, 4) is 0 Å². The Bertz CT molecular complexity index is 551. The molecule has 0 aliphatic carbocycles. The first-order valence-corrected chi connectivity index (χ1v) is 8.11. The molecule has 23 heavy (non-hydrogen) atoms. The normalized spacial score (nSPS) is 27.3. The number of aromatic nitrogens is 2. The molecule has 2 saturated heterocycles. The molecule has 0 spiro atoms. The standard InChI is InChI=1S/C17H23N3O3/c1-2-9-22-13-17-6-3-10-23-15(17)5-8-20(12-17)16(21)14-4-7-18-19-11-14/h2,4,7,11,15H,1,3,5-6,8-10,12-13H2/t15-,17+/m1/s1. The number of ether oxygens (including phenoxy) is 2. The number of hydrogen-bond donors (Lipinski definition) is 0. The summed E-state index contributed by atoms with van der Waals surface area (Å²) in [6.45, 7) is 6.99. The van der Waals surface area contributed by atoms with Gasteiger partial charge >= 0.3 is 0 Å². The van der Waals surface area contributed by atoms with Crippen molar-refractivity contribution in [3.63, 3.8) is 0 Å². The topological polar surface area (TPSA) is 64.6 Å². The lowest BCUT2D eigenvalue weighted by molar-refractivity contribution is -0.144. The fourth-order valence-electron chi connectivity index (χ4n) is 3.62. The first-order valence-electron chi connectivity index (χ1n) is 8.11. The Hall–Kier alpha value is -1.79. The Morgan fingerprint density at radius 2 is 2.48 bits per heavy atom. The van der Waals surface area contributed by atoms with Crippen LogP contribution in [0.15, 0.2) is 31.1 Å². The first kappa shape index (κ1) is 16.1. The van der Waals surface area contributed by atoms with Crippen LogP contribution in [0.2, 0.25) is 0 Å². The SMILES string of the molecule is C=CCOC[C@@]12CCCO[C@@H]1CCN(C(=O)c1ccnnc1)C2. The van der Waals surface area contributed by atoms with Gasteiger partial charge in [-0.3, -0.25) is 4.79 Å².